The third kappa shape index (κ3) is 2.53. The summed E-state index contributed by atoms with van der Waals surface area (Å²) in [7, 11) is 4.30. The molecule has 1 aliphatic rings. The second kappa shape index (κ2) is 5.19. The number of piperidine rings is 1. The van der Waals surface area contributed by atoms with E-state index >= 15 is 0 Å². The summed E-state index contributed by atoms with van der Waals surface area (Å²) in [6.45, 7) is 4.53. The lowest BCUT2D eigenvalue weighted by atomic mass is 9.82. The molecule has 1 aliphatic heterocycles. The van der Waals surface area contributed by atoms with Crippen molar-refractivity contribution in [2.75, 3.05) is 27.2 Å². The topological polar surface area (TPSA) is 15.3 Å². The van der Waals surface area contributed by atoms with Crippen molar-refractivity contribution in [3.8, 4) is 0 Å². The zero-order valence-electron chi connectivity index (χ0n) is 11.3. The van der Waals surface area contributed by atoms with Gasteiger partial charge in [0.25, 0.3) is 0 Å². The van der Waals surface area contributed by atoms with E-state index in [1.165, 1.54) is 30.5 Å². The molecule has 1 aromatic carbocycles. The van der Waals surface area contributed by atoms with Gasteiger partial charge in [0.1, 0.15) is 0 Å². The molecule has 1 saturated heterocycles. The van der Waals surface area contributed by atoms with Crippen molar-refractivity contribution in [2.24, 2.45) is 0 Å². The van der Waals surface area contributed by atoms with E-state index < -0.39 is 0 Å². The first-order chi connectivity index (χ1) is 8.20. The summed E-state index contributed by atoms with van der Waals surface area (Å²) in [5, 5.41) is 3.56. The van der Waals surface area contributed by atoms with Gasteiger partial charge in [0.15, 0.2) is 0 Å². The van der Waals surface area contributed by atoms with Crippen LogP contribution in [-0.2, 0) is 12.0 Å². The summed E-state index contributed by atoms with van der Waals surface area (Å²) in [4.78, 5) is 2.42. The van der Waals surface area contributed by atoms with E-state index in [2.05, 4.69) is 55.5 Å². The average Bonchev–Trinajstić information content (AvgIpc) is 2.38. The molecule has 0 aliphatic carbocycles. The molecular formula is C15H24N2. The standard InChI is InChI=1S/C15H24N2/c1-4-13-6-8-14(9-7-13)15(16-2)10-5-11-17(3)12-15/h6-9,16H,4-5,10-12H2,1-3H3. The van der Waals surface area contributed by atoms with Crippen LogP contribution in [-0.4, -0.2) is 32.1 Å². The van der Waals surface area contributed by atoms with Crippen LogP contribution < -0.4 is 5.32 Å². The van der Waals surface area contributed by atoms with Gasteiger partial charge >= 0.3 is 0 Å². The second-order valence-corrected chi connectivity index (χ2v) is 5.22. The monoisotopic (exact) mass is 232 g/mol. The maximum absolute atomic E-state index is 3.56. The van der Waals surface area contributed by atoms with Gasteiger partial charge in [-0.1, -0.05) is 31.2 Å². The summed E-state index contributed by atoms with van der Waals surface area (Å²) in [6.07, 6.45) is 3.62. The number of hydrogen-bond donors (Lipinski definition) is 1. The van der Waals surface area contributed by atoms with Gasteiger partial charge in [-0.2, -0.15) is 0 Å². The van der Waals surface area contributed by atoms with E-state index in [1.54, 1.807) is 0 Å². The lowest BCUT2D eigenvalue weighted by Crippen LogP contribution is -2.52. The fourth-order valence-corrected chi connectivity index (χ4v) is 2.91. The van der Waals surface area contributed by atoms with Gasteiger partial charge in [0.2, 0.25) is 0 Å². The number of nitrogens with one attached hydrogen (secondary N) is 1. The van der Waals surface area contributed by atoms with Crippen LogP contribution in [0, 0.1) is 0 Å². The van der Waals surface area contributed by atoms with E-state index in [0.717, 1.165) is 13.0 Å². The van der Waals surface area contributed by atoms with Crippen LogP contribution >= 0.6 is 0 Å². The van der Waals surface area contributed by atoms with Gasteiger partial charge in [-0.25, -0.2) is 0 Å². The highest BCUT2D eigenvalue weighted by molar-refractivity contribution is 5.29. The molecule has 17 heavy (non-hydrogen) atoms. The molecule has 0 bridgehead atoms. The maximum atomic E-state index is 3.56. The zero-order chi connectivity index (χ0) is 12.3. The molecule has 0 amide bonds. The number of rotatable bonds is 3. The van der Waals surface area contributed by atoms with Crippen molar-refractivity contribution in [3.63, 3.8) is 0 Å². The Kier molecular flexibility index (Phi) is 3.85. The third-order valence-electron chi connectivity index (χ3n) is 4.08. The van der Waals surface area contributed by atoms with E-state index in [9.17, 15) is 0 Å². The summed E-state index contributed by atoms with van der Waals surface area (Å²) in [5.41, 5.74) is 3.01. The Hall–Kier alpha value is -0.860. The third-order valence-corrected chi connectivity index (χ3v) is 4.08. The molecule has 0 radical (unpaired) electrons. The smallest absolute Gasteiger partial charge is 0.0561 e. The van der Waals surface area contributed by atoms with Crippen LogP contribution in [0.1, 0.15) is 30.9 Å². The minimum atomic E-state index is 0.152. The molecule has 1 N–H and O–H groups in total. The molecule has 1 atom stereocenters. The Labute approximate surface area is 105 Å². The van der Waals surface area contributed by atoms with Crippen molar-refractivity contribution in [3.05, 3.63) is 35.4 Å². The Bertz CT molecular complexity index is 358. The lowest BCUT2D eigenvalue weighted by Gasteiger charge is -2.42. The first-order valence-corrected chi connectivity index (χ1v) is 6.67. The minimum Gasteiger partial charge on any atom is -0.309 e. The first-order valence-electron chi connectivity index (χ1n) is 6.67. The Morgan fingerprint density at radius 1 is 1.29 bits per heavy atom. The molecule has 1 unspecified atom stereocenters. The molecule has 0 aromatic heterocycles. The lowest BCUT2D eigenvalue weighted by molar-refractivity contribution is 0.152. The largest absolute Gasteiger partial charge is 0.309 e. The van der Waals surface area contributed by atoms with E-state index in [-0.39, 0.29) is 5.54 Å². The Balaban J connectivity index is 2.26. The summed E-state index contributed by atoms with van der Waals surface area (Å²) < 4.78 is 0. The fourth-order valence-electron chi connectivity index (χ4n) is 2.91. The Morgan fingerprint density at radius 3 is 2.53 bits per heavy atom. The maximum Gasteiger partial charge on any atom is 0.0561 e. The van der Waals surface area contributed by atoms with Crippen LogP contribution in [0.4, 0.5) is 0 Å². The number of likely N-dealkylation sites (tertiary alicyclic amines) is 1. The summed E-state index contributed by atoms with van der Waals surface area (Å²) >= 11 is 0. The highest BCUT2D eigenvalue weighted by Crippen LogP contribution is 2.30. The second-order valence-electron chi connectivity index (χ2n) is 5.22. The van der Waals surface area contributed by atoms with Crippen molar-refractivity contribution in [1.29, 1.82) is 0 Å². The van der Waals surface area contributed by atoms with Crippen LogP contribution in [0.3, 0.4) is 0 Å². The van der Waals surface area contributed by atoms with Gasteiger partial charge in [-0.3, -0.25) is 0 Å². The van der Waals surface area contributed by atoms with E-state index in [0.29, 0.717) is 0 Å². The van der Waals surface area contributed by atoms with Crippen molar-refractivity contribution in [2.45, 2.75) is 31.7 Å². The number of nitrogens with zero attached hydrogens (tertiary/aromatic N) is 1. The number of likely N-dealkylation sites (N-methyl/N-ethyl adjacent to an activating group) is 2. The predicted molar refractivity (Wildman–Crippen MR) is 73.3 cm³/mol. The number of aryl methyl sites for hydroxylation is 1. The molecule has 2 rings (SSSR count). The highest BCUT2D eigenvalue weighted by Gasteiger charge is 2.34. The molecule has 94 valence electrons. The quantitative estimate of drug-likeness (QED) is 0.861. The highest BCUT2D eigenvalue weighted by atomic mass is 15.2. The molecule has 0 spiro atoms. The number of hydrogen-bond acceptors (Lipinski definition) is 2. The van der Waals surface area contributed by atoms with E-state index in [1.807, 2.05) is 0 Å². The molecule has 1 aromatic rings. The summed E-state index contributed by atoms with van der Waals surface area (Å²) in [6, 6.07) is 9.13. The normalized spacial score (nSPS) is 26.1. The molecule has 1 heterocycles. The minimum absolute atomic E-state index is 0.152. The number of benzene rings is 1. The van der Waals surface area contributed by atoms with Crippen molar-refractivity contribution >= 4 is 0 Å². The first kappa shape index (κ1) is 12.6. The van der Waals surface area contributed by atoms with Gasteiger partial charge in [0, 0.05) is 6.54 Å². The molecule has 2 nitrogen and oxygen atoms in total. The SMILES string of the molecule is CCc1ccc(C2(NC)CCCN(C)C2)cc1. The predicted octanol–water partition coefficient (Wildman–Crippen LogP) is 2.39. The van der Waals surface area contributed by atoms with Crippen molar-refractivity contribution in [1.82, 2.24) is 10.2 Å². The van der Waals surface area contributed by atoms with Crippen LogP contribution in [0.5, 0.6) is 0 Å². The summed E-state index contributed by atoms with van der Waals surface area (Å²) in [5.74, 6) is 0. The van der Waals surface area contributed by atoms with Gasteiger partial charge in [-0.15, -0.1) is 0 Å². The molecule has 0 saturated carbocycles. The van der Waals surface area contributed by atoms with Crippen LogP contribution in [0.2, 0.25) is 0 Å². The molecule has 2 heteroatoms. The van der Waals surface area contributed by atoms with Crippen LogP contribution in [0.15, 0.2) is 24.3 Å². The Morgan fingerprint density at radius 2 is 2.00 bits per heavy atom. The van der Waals surface area contributed by atoms with Gasteiger partial charge < -0.3 is 10.2 Å². The van der Waals surface area contributed by atoms with Gasteiger partial charge in [-0.05, 0) is 51.0 Å². The molecular weight excluding hydrogens is 208 g/mol. The van der Waals surface area contributed by atoms with Crippen LogP contribution in [0.25, 0.3) is 0 Å². The van der Waals surface area contributed by atoms with E-state index in [4.69, 9.17) is 0 Å². The van der Waals surface area contributed by atoms with Crippen molar-refractivity contribution < 1.29 is 0 Å². The van der Waals surface area contributed by atoms with Gasteiger partial charge in [0.05, 0.1) is 5.54 Å². The average molecular weight is 232 g/mol. The fraction of sp³-hybridized carbons (Fsp3) is 0.600. The zero-order valence-corrected chi connectivity index (χ0v) is 11.3. The molecule has 1 fully saturated rings.